The second-order valence-electron chi connectivity index (χ2n) is 5.99. The predicted molar refractivity (Wildman–Crippen MR) is 62.4 cm³/mol. The van der Waals surface area contributed by atoms with Crippen molar-refractivity contribution in [1.29, 1.82) is 0 Å². The van der Waals surface area contributed by atoms with Crippen LogP contribution in [0.5, 0.6) is 0 Å². The molecule has 0 N–H and O–H groups in total. The number of carbonyl (C=O) groups is 1. The molecule has 2 aliphatic heterocycles. The van der Waals surface area contributed by atoms with Gasteiger partial charge in [0.05, 0.1) is 0 Å². The summed E-state index contributed by atoms with van der Waals surface area (Å²) in [5, 5.41) is 0. The summed E-state index contributed by atoms with van der Waals surface area (Å²) in [5.41, 5.74) is -0.389. The summed E-state index contributed by atoms with van der Waals surface area (Å²) in [5.74, 6) is 0. The fourth-order valence-corrected chi connectivity index (χ4v) is 2.73. The first-order valence-electron chi connectivity index (χ1n) is 6.07. The van der Waals surface area contributed by atoms with Crippen LogP contribution in [0.25, 0.3) is 0 Å². The summed E-state index contributed by atoms with van der Waals surface area (Å²) >= 11 is 0. The molecule has 1 unspecified atom stereocenters. The van der Waals surface area contributed by atoms with Gasteiger partial charge in [-0.2, -0.15) is 0 Å². The molecule has 0 aliphatic carbocycles. The molecular weight excluding hydrogens is 204 g/mol. The molecule has 2 rings (SSSR count). The van der Waals surface area contributed by atoms with Crippen LogP contribution in [0.2, 0.25) is 0 Å². The van der Waals surface area contributed by atoms with E-state index < -0.39 is 0 Å². The summed E-state index contributed by atoms with van der Waals surface area (Å²) in [7, 11) is 2.12. The van der Waals surface area contributed by atoms with E-state index >= 15 is 0 Å². The van der Waals surface area contributed by atoms with Crippen molar-refractivity contribution in [3.8, 4) is 0 Å². The van der Waals surface area contributed by atoms with Gasteiger partial charge in [-0.05, 0) is 40.7 Å². The van der Waals surface area contributed by atoms with Gasteiger partial charge in [0, 0.05) is 25.2 Å². The quantitative estimate of drug-likeness (QED) is 0.630. The van der Waals surface area contributed by atoms with Crippen LogP contribution in [-0.2, 0) is 4.74 Å². The van der Waals surface area contributed by atoms with Gasteiger partial charge in [0.15, 0.2) is 0 Å². The zero-order valence-corrected chi connectivity index (χ0v) is 10.7. The van der Waals surface area contributed by atoms with Crippen molar-refractivity contribution in [3.05, 3.63) is 0 Å². The number of fused-ring (bicyclic) bond motifs is 2. The molecular formula is C12H22N2O2. The SMILES string of the molecule is CN1CC2CC[C@H](C1)N2C(=O)OC(C)(C)C. The Bertz CT molecular complexity index is 271. The molecule has 2 heterocycles. The van der Waals surface area contributed by atoms with Crippen molar-refractivity contribution < 1.29 is 9.53 Å². The van der Waals surface area contributed by atoms with Crippen LogP contribution < -0.4 is 0 Å². The third kappa shape index (κ3) is 2.32. The molecule has 0 aromatic carbocycles. The summed E-state index contributed by atoms with van der Waals surface area (Å²) in [6, 6.07) is 0.720. The van der Waals surface area contributed by atoms with Gasteiger partial charge in [0.1, 0.15) is 5.60 Å². The summed E-state index contributed by atoms with van der Waals surface area (Å²) in [6.07, 6.45) is 2.11. The summed E-state index contributed by atoms with van der Waals surface area (Å²) in [6.45, 7) is 7.72. The number of rotatable bonds is 0. The molecule has 92 valence electrons. The lowest BCUT2D eigenvalue weighted by Crippen LogP contribution is -2.55. The van der Waals surface area contributed by atoms with E-state index in [1.54, 1.807) is 0 Å². The molecule has 2 bridgehead atoms. The first-order valence-corrected chi connectivity index (χ1v) is 6.07. The molecule has 0 radical (unpaired) electrons. The number of carbonyl (C=O) groups excluding carboxylic acids is 1. The maximum absolute atomic E-state index is 12.1. The predicted octanol–water partition coefficient (Wildman–Crippen LogP) is 1.70. The second-order valence-corrected chi connectivity index (χ2v) is 5.99. The van der Waals surface area contributed by atoms with E-state index in [0.29, 0.717) is 12.1 Å². The average molecular weight is 226 g/mol. The number of ether oxygens (including phenoxy) is 1. The van der Waals surface area contributed by atoms with Gasteiger partial charge >= 0.3 is 6.09 Å². The zero-order valence-electron chi connectivity index (χ0n) is 10.7. The Labute approximate surface area is 97.5 Å². The summed E-state index contributed by atoms with van der Waals surface area (Å²) in [4.78, 5) is 16.3. The molecule has 0 aromatic rings. The normalized spacial score (nSPS) is 30.6. The highest BCUT2D eigenvalue weighted by Crippen LogP contribution is 2.30. The third-order valence-corrected chi connectivity index (χ3v) is 3.27. The maximum Gasteiger partial charge on any atom is 0.410 e. The Morgan fingerprint density at radius 3 is 2.12 bits per heavy atom. The van der Waals surface area contributed by atoms with Gasteiger partial charge < -0.3 is 9.64 Å². The highest BCUT2D eigenvalue weighted by Gasteiger charge is 2.43. The van der Waals surface area contributed by atoms with Gasteiger partial charge in [0.2, 0.25) is 0 Å². The highest BCUT2D eigenvalue weighted by atomic mass is 16.6. The number of amides is 1. The first kappa shape index (κ1) is 11.7. The van der Waals surface area contributed by atoms with Crippen molar-refractivity contribution in [2.45, 2.75) is 51.3 Å². The van der Waals surface area contributed by atoms with Crippen molar-refractivity contribution in [2.75, 3.05) is 20.1 Å². The van der Waals surface area contributed by atoms with Crippen LogP contribution in [0, 0.1) is 0 Å². The molecule has 0 aromatic heterocycles. The first-order chi connectivity index (χ1) is 7.37. The lowest BCUT2D eigenvalue weighted by molar-refractivity contribution is -0.00115. The Morgan fingerprint density at radius 2 is 1.69 bits per heavy atom. The van der Waals surface area contributed by atoms with E-state index in [0.717, 1.165) is 25.9 Å². The van der Waals surface area contributed by atoms with Crippen molar-refractivity contribution >= 4 is 6.09 Å². The smallest absolute Gasteiger partial charge is 0.410 e. The molecule has 2 fully saturated rings. The number of piperazine rings is 1. The number of nitrogens with zero attached hydrogens (tertiary/aromatic N) is 2. The van der Waals surface area contributed by atoms with E-state index in [1.165, 1.54) is 0 Å². The van der Waals surface area contributed by atoms with Crippen LogP contribution in [0.4, 0.5) is 4.79 Å². The minimum Gasteiger partial charge on any atom is -0.444 e. The average Bonchev–Trinajstić information content (AvgIpc) is 2.36. The monoisotopic (exact) mass is 226 g/mol. The van der Waals surface area contributed by atoms with Crippen LogP contribution in [0.3, 0.4) is 0 Å². The van der Waals surface area contributed by atoms with Gasteiger partial charge in [-0.1, -0.05) is 0 Å². The van der Waals surface area contributed by atoms with E-state index in [9.17, 15) is 4.79 Å². The van der Waals surface area contributed by atoms with Crippen LogP contribution in [-0.4, -0.2) is 53.7 Å². The molecule has 0 spiro atoms. The molecule has 4 heteroatoms. The van der Waals surface area contributed by atoms with Gasteiger partial charge in [-0.15, -0.1) is 0 Å². The minimum absolute atomic E-state index is 0.131. The van der Waals surface area contributed by atoms with E-state index in [-0.39, 0.29) is 11.7 Å². The standard InChI is InChI=1S/C12H22N2O2/c1-12(2,3)16-11(15)14-9-5-6-10(14)8-13(4)7-9/h9-10H,5-8H2,1-4H3/t9-,10?/m1/s1. The van der Waals surface area contributed by atoms with Gasteiger partial charge in [-0.3, -0.25) is 4.90 Å². The van der Waals surface area contributed by atoms with Crippen molar-refractivity contribution in [3.63, 3.8) is 0 Å². The Kier molecular flexibility index (Phi) is 2.86. The number of likely N-dealkylation sites (N-methyl/N-ethyl adjacent to an activating group) is 1. The van der Waals surface area contributed by atoms with Crippen LogP contribution >= 0.6 is 0 Å². The second kappa shape index (κ2) is 3.91. The fraction of sp³-hybridized carbons (Fsp3) is 0.917. The molecule has 2 saturated heterocycles. The van der Waals surface area contributed by atoms with Crippen LogP contribution in [0.1, 0.15) is 33.6 Å². The zero-order chi connectivity index (χ0) is 11.9. The number of likely N-dealkylation sites (tertiary alicyclic amines) is 1. The van der Waals surface area contributed by atoms with Crippen molar-refractivity contribution in [2.24, 2.45) is 0 Å². The number of hydrogen-bond donors (Lipinski definition) is 0. The number of hydrogen-bond acceptors (Lipinski definition) is 3. The summed E-state index contributed by atoms with van der Waals surface area (Å²) < 4.78 is 5.46. The molecule has 1 amide bonds. The lowest BCUT2D eigenvalue weighted by Gasteiger charge is -2.39. The molecule has 0 saturated carbocycles. The van der Waals surface area contributed by atoms with E-state index in [2.05, 4.69) is 11.9 Å². The molecule has 16 heavy (non-hydrogen) atoms. The van der Waals surface area contributed by atoms with Gasteiger partial charge in [0.25, 0.3) is 0 Å². The molecule has 2 atom stereocenters. The Balaban J connectivity index is 2.03. The fourth-order valence-electron chi connectivity index (χ4n) is 2.73. The topological polar surface area (TPSA) is 32.8 Å². The lowest BCUT2D eigenvalue weighted by atomic mass is 10.2. The van der Waals surface area contributed by atoms with Gasteiger partial charge in [-0.25, -0.2) is 4.79 Å². The minimum atomic E-state index is -0.389. The maximum atomic E-state index is 12.1. The Morgan fingerprint density at radius 1 is 1.19 bits per heavy atom. The van der Waals surface area contributed by atoms with Crippen molar-refractivity contribution in [1.82, 2.24) is 9.80 Å². The Hall–Kier alpha value is -0.770. The van der Waals surface area contributed by atoms with E-state index in [1.807, 2.05) is 25.7 Å². The largest absolute Gasteiger partial charge is 0.444 e. The van der Waals surface area contributed by atoms with Crippen LogP contribution in [0.15, 0.2) is 0 Å². The molecule has 4 nitrogen and oxygen atoms in total. The van der Waals surface area contributed by atoms with E-state index in [4.69, 9.17) is 4.74 Å². The highest BCUT2D eigenvalue weighted by molar-refractivity contribution is 5.69. The third-order valence-electron chi connectivity index (χ3n) is 3.27. The molecule has 2 aliphatic rings.